The van der Waals surface area contributed by atoms with Crippen LogP contribution in [0.2, 0.25) is 5.28 Å². The molecule has 0 unspecified atom stereocenters. The summed E-state index contributed by atoms with van der Waals surface area (Å²) < 4.78 is 0. The SMILES string of the molecule is CCNc1nc(Cl)nc(NC2(C#N)CCCCC2)n1. The van der Waals surface area contributed by atoms with E-state index >= 15 is 0 Å². The van der Waals surface area contributed by atoms with Crippen LogP contribution in [0.3, 0.4) is 0 Å². The maximum atomic E-state index is 9.41. The predicted molar refractivity (Wildman–Crippen MR) is 74.1 cm³/mol. The zero-order chi connectivity index (χ0) is 13.7. The van der Waals surface area contributed by atoms with E-state index in [1.54, 1.807) is 0 Å². The van der Waals surface area contributed by atoms with Crippen molar-refractivity contribution >= 4 is 23.5 Å². The second-order valence-corrected chi connectivity index (χ2v) is 5.00. The number of nitriles is 1. The van der Waals surface area contributed by atoms with Gasteiger partial charge in [-0.15, -0.1) is 0 Å². The molecular weight excluding hydrogens is 264 g/mol. The number of nitrogens with zero attached hydrogens (tertiary/aromatic N) is 4. The smallest absolute Gasteiger partial charge is 0.230 e. The van der Waals surface area contributed by atoms with Crippen LogP contribution < -0.4 is 10.6 Å². The molecule has 1 aliphatic rings. The highest BCUT2D eigenvalue weighted by Crippen LogP contribution is 2.30. The second-order valence-electron chi connectivity index (χ2n) is 4.66. The Balaban J connectivity index is 2.19. The Morgan fingerprint density at radius 1 is 1.21 bits per heavy atom. The normalized spacial score (nSPS) is 17.5. The molecular formula is C12H17ClN6. The van der Waals surface area contributed by atoms with E-state index in [0.29, 0.717) is 18.4 Å². The Kier molecular flexibility index (Phi) is 4.38. The minimum Gasteiger partial charge on any atom is -0.354 e. The summed E-state index contributed by atoms with van der Waals surface area (Å²) in [5.41, 5.74) is -0.577. The van der Waals surface area contributed by atoms with E-state index < -0.39 is 5.54 Å². The first-order valence-corrected chi connectivity index (χ1v) is 6.90. The maximum absolute atomic E-state index is 9.41. The highest BCUT2D eigenvalue weighted by molar-refractivity contribution is 6.28. The lowest BCUT2D eigenvalue weighted by Gasteiger charge is -2.31. The van der Waals surface area contributed by atoms with Crippen LogP contribution in [0.4, 0.5) is 11.9 Å². The van der Waals surface area contributed by atoms with Crippen molar-refractivity contribution in [2.45, 2.75) is 44.6 Å². The van der Waals surface area contributed by atoms with Crippen LogP contribution in [0.25, 0.3) is 0 Å². The first kappa shape index (κ1) is 13.8. The van der Waals surface area contributed by atoms with Crippen molar-refractivity contribution in [3.63, 3.8) is 0 Å². The van der Waals surface area contributed by atoms with Crippen molar-refractivity contribution in [1.82, 2.24) is 15.0 Å². The van der Waals surface area contributed by atoms with E-state index in [-0.39, 0.29) is 5.28 Å². The van der Waals surface area contributed by atoms with Crippen molar-refractivity contribution < 1.29 is 0 Å². The van der Waals surface area contributed by atoms with E-state index in [0.717, 1.165) is 25.7 Å². The molecule has 0 radical (unpaired) electrons. The largest absolute Gasteiger partial charge is 0.354 e. The van der Waals surface area contributed by atoms with E-state index in [2.05, 4.69) is 31.7 Å². The highest BCUT2D eigenvalue weighted by atomic mass is 35.5. The van der Waals surface area contributed by atoms with Crippen LogP contribution in [-0.2, 0) is 0 Å². The van der Waals surface area contributed by atoms with Crippen molar-refractivity contribution in [2.75, 3.05) is 17.2 Å². The first-order valence-electron chi connectivity index (χ1n) is 6.52. The maximum Gasteiger partial charge on any atom is 0.230 e. The summed E-state index contributed by atoms with van der Waals surface area (Å²) >= 11 is 5.87. The summed E-state index contributed by atoms with van der Waals surface area (Å²) in [7, 11) is 0. The molecule has 0 aliphatic heterocycles. The minimum absolute atomic E-state index is 0.123. The molecule has 0 amide bonds. The molecule has 7 heteroatoms. The molecule has 1 aliphatic carbocycles. The molecule has 1 aromatic heterocycles. The van der Waals surface area contributed by atoms with Crippen LogP contribution in [0.15, 0.2) is 0 Å². The van der Waals surface area contributed by atoms with Crippen LogP contribution in [-0.4, -0.2) is 27.0 Å². The molecule has 6 nitrogen and oxygen atoms in total. The van der Waals surface area contributed by atoms with Crippen LogP contribution in [0.5, 0.6) is 0 Å². The number of hydrogen-bond donors (Lipinski definition) is 2. The average molecular weight is 281 g/mol. The fourth-order valence-corrected chi connectivity index (χ4v) is 2.44. The second kappa shape index (κ2) is 6.02. The molecule has 0 bridgehead atoms. The molecule has 1 aromatic rings. The lowest BCUT2D eigenvalue weighted by molar-refractivity contribution is 0.390. The summed E-state index contributed by atoms with van der Waals surface area (Å²) in [5.74, 6) is 0.785. The highest BCUT2D eigenvalue weighted by Gasteiger charge is 2.32. The van der Waals surface area contributed by atoms with Gasteiger partial charge in [0.1, 0.15) is 5.54 Å². The van der Waals surface area contributed by atoms with Gasteiger partial charge < -0.3 is 10.6 Å². The van der Waals surface area contributed by atoms with E-state index in [9.17, 15) is 5.26 Å². The lowest BCUT2D eigenvalue weighted by Crippen LogP contribution is -2.39. The zero-order valence-electron chi connectivity index (χ0n) is 10.9. The van der Waals surface area contributed by atoms with Gasteiger partial charge in [0.15, 0.2) is 0 Å². The van der Waals surface area contributed by atoms with Crippen molar-refractivity contribution in [2.24, 2.45) is 0 Å². The Hall–Kier alpha value is -1.61. The zero-order valence-corrected chi connectivity index (χ0v) is 11.7. The quantitative estimate of drug-likeness (QED) is 0.881. The Bertz CT molecular complexity index is 478. The minimum atomic E-state index is -0.577. The molecule has 19 heavy (non-hydrogen) atoms. The van der Waals surface area contributed by atoms with Gasteiger partial charge in [0.25, 0.3) is 0 Å². The fraction of sp³-hybridized carbons (Fsp3) is 0.667. The number of halogens is 1. The van der Waals surface area contributed by atoms with Crippen LogP contribution in [0, 0.1) is 11.3 Å². The third kappa shape index (κ3) is 3.44. The summed E-state index contributed by atoms with van der Waals surface area (Å²) in [5, 5.41) is 15.7. The first-order chi connectivity index (χ1) is 9.17. The topological polar surface area (TPSA) is 86.5 Å². The summed E-state index contributed by atoms with van der Waals surface area (Å²) in [6.45, 7) is 2.64. The lowest BCUT2D eigenvalue weighted by atomic mass is 9.83. The third-order valence-electron chi connectivity index (χ3n) is 3.22. The molecule has 1 fully saturated rings. The summed E-state index contributed by atoms with van der Waals surface area (Å²) in [4.78, 5) is 12.2. The van der Waals surface area contributed by atoms with Gasteiger partial charge in [-0.1, -0.05) is 19.3 Å². The number of aromatic nitrogens is 3. The van der Waals surface area contributed by atoms with Gasteiger partial charge in [0.2, 0.25) is 17.2 Å². The monoisotopic (exact) mass is 280 g/mol. The number of nitrogens with one attached hydrogen (secondary N) is 2. The van der Waals surface area contributed by atoms with Crippen molar-refractivity contribution in [3.05, 3.63) is 5.28 Å². The number of rotatable bonds is 4. The Morgan fingerprint density at radius 3 is 2.53 bits per heavy atom. The molecule has 0 spiro atoms. The van der Waals surface area contributed by atoms with Gasteiger partial charge in [-0.05, 0) is 31.4 Å². The average Bonchev–Trinajstić information content (AvgIpc) is 2.39. The summed E-state index contributed by atoms with van der Waals surface area (Å²) in [6.07, 6.45) is 4.87. The summed E-state index contributed by atoms with van der Waals surface area (Å²) in [6, 6.07) is 2.36. The molecule has 1 saturated carbocycles. The van der Waals surface area contributed by atoms with Crippen LogP contribution >= 0.6 is 11.6 Å². The molecule has 2 N–H and O–H groups in total. The van der Waals surface area contributed by atoms with Gasteiger partial charge >= 0.3 is 0 Å². The van der Waals surface area contributed by atoms with Crippen molar-refractivity contribution in [3.8, 4) is 6.07 Å². The molecule has 1 heterocycles. The molecule has 102 valence electrons. The van der Waals surface area contributed by atoms with Gasteiger partial charge in [0.05, 0.1) is 6.07 Å². The van der Waals surface area contributed by atoms with E-state index in [4.69, 9.17) is 11.6 Å². The Morgan fingerprint density at radius 2 is 1.89 bits per heavy atom. The molecule has 0 aromatic carbocycles. The van der Waals surface area contributed by atoms with Gasteiger partial charge in [-0.2, -0.15) is 20.2 Å². The standard InChI is InChI=1S/C12H17ClN6/c1-2-15-10-16-9(13)17-11(18-10)19-12(8-14)6-4-3-5-7-12/h2-7H2,1H3,(H2,15,16,17,18,19). The van der Waals surface area contributed by atoms with Gasteiger partial charge in [-0.3, -0.25) is 0 Å². The number of anilines is 2. The molecule has 2 rings (SSSR count). The molecule has 0 atom stereocenters. The molecule has 0 saturated heterocycles. The van der Waals surface area contributed by atoms with Gasteiger partial charge in [-0.25, -0.2) is 0 Å². The predicted octanol–water partition coefficient (Wildman–Crippen LogP) is 2.60. The Labute approximate surface area is 117 Å². The van der Waals surface area contributed by atoms with Crippen LogP contribution in [0.1, 0.15) is 39.0 Å². The van der Waals surface area contributed by atoms with E-state index in [1.165, 1.54) is 6.42 Å². The third-order valence-corrected chi connectivity index (χ3v) is 3.38. The fourth-order valence-electron chi connectivity index (χ4n) is 2.28. The van der Waals surface area contributed by atoms with Gasteiger partial charge in [0, 0.05) is 6.54 Å². The number of hydrogen-bond acceptors (Lipinski definition) is 6. The van der Waals surface area contributed by atoms with Crippen molar-refractivity contribution in [1.29, 1.82) is 5.26 Å². The van der Waals surface area contributed by atoms with E-state index in [1.807, 2.05) is 6.92 Å².